The van der Waals surface area contributed by atoms with Crippen LogP contribution in [0.2, 0.25) is 0 Å². The van der Waals surface area contributed by atoms with E-state index in [1.807, 2.05) is 0 Å². The summed E-state index contributed by atoms with van der Waals surface area (Å²) in [5.41, 5.74) is 5.53. The van der Waals surface area contributed by atoms with Gasteiger partial charge in [-0.1, -0.05) is 0 Å². The largest absolute Gasteiger partial charge is 0.368 e. The molecule has 2 rings (SSSR count). The highest BCUT2D eigenvalue weighted by molar-refractivity contribution is 5.86. The highest BCUT2D eigenvalue weighted by Gasteiger charge is 2.49. The second-order valence-corrected chi connectivity index (χ2v) is 4.71. The molecule has 17 heavy (non-hydrogen) atoms. The molecule has 0 spiro atoms. The van der Waals surface area contributed by atoms with E-state index in [1.165, 1.54) is 0 Å². The van der Waals surface area contributed by atoms with E-state index in [4.69, 9.17) is 5.73 Å². The van der Waals surface area contributed by atoms with E-state index in [-0.39, 0.29) is 11.9 Å². The molecule has 1 aromatic heterocycles. The molecule has 1 saturated heterocycles. The molecule has 1 aliphatic rings. The summed E-state index contributed by atoms with van der Waals surface area (Å²) in [5.74, 6) is -0.329. The second kappa shape index (κ2) is 4.41. The quantitative estimate of drug-likeness (QED) is 0.834. The third-order valence-electron chi connectivity index (χ3n) is 3.45. The van der Waals surface area contributed by atoms with Crippen molar-refractivity contribution in [3.05, 3.63) is 24.3 Å². The Morgan fingerprint density at radius 3 is 2.82 bits per heavy atom. The average molecular weight is 234 g/mol. The van der Waals surface area contributed by atoms with Gasteiger partial charge in [0.05, 0.1) is 11.9 Å². The number of nitrogens with two attached hydrogens (primary N) is 1. The molecule has 0 aliphatic carbocycles. The van der Waals surface area contributed by atoms with Crippen molar-refractivity contribution in [3.63, 3.8) is 0 Å². The van der Waals surface area contributed by atoms with Gasteiger partial charge in [0.25, 0.3) is 0 Å². The monoisotopic (exact) mass is 234 g/mol. The lowest BCUT2D eigenvalue weighted by Crippen LogP contribution is -2.54. The van der Waals surface area contributed by atoms with Crippen molar-refractivity contribution in [3.8, 4) is 0 Å². The molecule has 0 bridgehead atoms. The summed E-state index contributed by atoms with van der Waals surface area (Å²) >= 11 is 0. The van der Waals surface area contributed by atoms with E-state index >= 15 is 0 Å². The first-order valence-corrected chi connectivity index (χ1v) is 5.92. The van der Waals surface area contributed by atoms with E-state index in [0.717, 1.165) is 19.4 Å². The number of rotatable bonds is 3. The smallest absolute Gasteiger partial charge is 0.244 e. The van der Waals surface area contributed by atoms with Crippen LogP contribution < -0.4 is 5.73 Å². The summed E-state index contributed by atoms with van der Waals surface area (Å²) < 4.78 is 0. The Morgan fingerprint density at radius 2 is 2.29 bits per heavy atom. The lowest BCUT2D eigenvalue weighted by atomic mass is 9.90. The van der Waals surface area contributed by atoms with Crippen LogP contribution in [-0.2, 0) is 10.3 Å². The van der Waals surface area contributed by atoms with Gasteiger partial charge in [-0.2, -0.15) is 0 Å². The van der Waals surface area contributed by atoms with Crippen LogP contribution in [0, 0.1) is 0 Å². The van der Waals surface area contributed by atoms with Crippen LogP contribution in [0.1, 0.15) is 32.4 Å². The molecule has 1 atom stereocenters. The van der Waals surface area contributed by atoms with Gasteiger partial charge in [0.15, 0.2) is 0 Å². The maximum absolute atomic E-state index is 12.0. The molecule has 1 amide bonds. The zero-order valence-corrected chi connectivity index (χ0v) is 10.3. The zero-order chi connectivity index (χ0) is 12.5. The van der Waals surface area contributed by atoms with Crippen molar-refractivity contribution in [1.82, 2.24) is 14.9 Å². The van der Waals surface area contributed by atoms with Gasteiger partial charge in [-0.15, -0.1) is 0 Å². The van der Waals surface area contributed by atoms with Crippen molar-refractivity contribution in [2.24, 2.45) is 5.73 Å². The minimum Gasteiger partial charge on any atom is -0.368 e. The number of hydrogen-bond acceptors (Lipinski definition) is 4. The Hall–Kier alpha value is -1.49. The predicted molar refractivity (Wildman–Crippen MR) is 64.0 cm³/mol. The summed E-state index contributed by atoms with van der Waals surface area (Å²) in [4.78, 5) is 22.4. The number of hydrogen-bond donors (Lipinski definition) is 1. The molecule has 1 aliphatic heterocycles. The van der Waals surface area contributed by atoms with Gasteiger partial charge in [0, 0.05) is 18.4 Å². The lowest BCUT2D eigenvalue weighted by Gasteiger charge is -2.37. The van der Waals surface area contributed by atoms with Crippen LogP contribution in [0.3, 0.4) is 0 Å². The number of likely N-dealkylation sites (tertiary alicyclic amines) is 1. The Balaban J connectivity index is 2.50. The number of carbonyl (C=O) groups excluding carboxylic acids is 1. The number of carbonyl (C=O) groups is 1. The van der Waals surface area contributed by atoms with Crippen molar-refractivity contribution >= 4 is 5.91 Å². The first kappa shape index (κ1) is 12.0. The number of amides is 1. The maximum atomic E-state index is 12.0. The van der Waals surface area contributed by atoms with Crippen LogP contribution >= 0.6 is 0 Å². The lowest BCUT2D eigenvalue weighted by molar-refractivity contribution is -0.130. The molecule has 0 aromatic carbocycles. The molecular weight excluding hydrogens is 216 g/mol. The van der Waals surface area contributed by atoms with Crippen LogP contribution in [-0.4, -0.2) is 33.4 Å². The number of aromatic nitrogens is 2. The van der Waals surface area contributed by atoms with Gasteiger partial charge in [0.2, 0.25) is 5.91 Å². The van der Waals surface area contributed by atoms with Crippen LogP contribution in [0.25, 0.3) is 0 Å². The number of primary amides is 1. The molecular formula is C12H18N4O. The summed E-state index contributed by atoms with van der Waals surface area (Å²) in [7, 11) is 0. The maximum Gasteiger partial charge on any atom is 0.244 e. The highest BCUT2D eigenvalue weighted by atomic mass is 16.1. The van der Waals surface area contributed by atoms with Gasteiger partial charge in [-0.05, 0) is 33.2 Å². The number of nitrogens with zero attached hydrogens (tertiary/aromatic N) is 3. The minimum atomic E-state index is -0.775. The SMILES string of the molecule is CC(C)N1CCC[C@]1(C(N)=O)c1cnccn1. The first-order chi connectivity index (χ1) is 8.09. The summed E-state index contributed by atoms with van der Waals surface area (Å²) in [5, 5.41) is 0. The Labute approximate surface area is 101 Å². The van der Waals surface area contributed by atoms with Crippen LogP contribution in [0.15, 0.2) is 18.6 Å². The third kappa shape index (κ3) is 1.80. The fraction of sp³-hybridized carbons (Fsp3) is 0.583. The molecule has 0 unspecified atom stereocenters. The van der Waals surface area contributed by atoms with E-state index in [2.05, 4.69) is 28.7 Å². The van der Waals surface area contributed by atoms with Crippen molar-refractivity contribution in [2.75, 3.05) is 6.54 Å². The molecule has 1 fully saturated rings. The molecule has 0 saturated carbocycles. The third-order valence-corrected chi connectivity index (χ3v) is 3.45. The van der Waals surface area contributed by atoms with E-state index < -0.39 is 5.54 Å². The topological polar surface area (TPSA) is 72.1 Å². The molecule has 5 nitrogen and oxygen atoms in total. The van der Waals surface area contributed by atoms with E-state index in [0.29, 0.717) is 5.69 Å². The zero-order valence-electron chi connectivity index (χ0n) is 10.3. The average Bonchev–Trinajstić information content (AvgIpc) is 2.75. The standard InChI is InChI=1S/C12H18N4O/c1-9(2)16-7-3-4-12(16,11(13)17)10-8-14-5-6-15-10/h5-6,8-9H,3-4,7H2,1-2H3,(H2,13,17)/t12-/m1/s1. The van der Waals surface area contributed by atoms with Crippen molar-refractivity contribution in [2.45, 2.75) is 38.3 Å². The van der Waals surface area contributed by atoms with Gasteiger partial charge in [-0.25, -0.2) is 0 Å². The van der Waals surface area contributed by atoms with Gasteiger partial charge < -0.3 is 5.73 Å². The molecule has 2 heterocycles. The van der Waals surface area contributed by atoms with Crippen molar-refractivity contribution < 1.29 is 4.79 Å². The Kier molecular flexibility index (Phi) is 3.11. The van der Waals surface area contributed by atoms with E-state index in [9.17, 15) is 4.79 Å². The van der Waals surface area contributed by atoms with Gasteiger partial charge >= 0.3 is 0 Å². The second-order valence-electron chi connectivity index (χ2n) is 4.71. The fourth-order valence-electron chi connectivity index (χ4n) is 2.72. The summed E-state index contributed by atoms with van der Waals surface area (Å²) in [6, 6.07) is 0.256. The predicted octanol–water partition coefficient (Wildman–Crippen LogP) is 0.661. The molecule has 92 valence electrons. The van der Waals surface area contributed by atoms with Gasteiger partial charge in [-0.3, -0.25) is 19.7 Å². The van der Waals surface area contributed by atoms with Crippen LogP contribution in [0.4, 0.5) is 0 Å². The Morgan fingerprint density at radius 1 is 1.53 bits per heavy atom. The van der Waals surface area contributed by atoms with Crippen molar-refractivity contribution in [1.29, 1.82) is 0 Å². The molecule has 0 radical (unpaired) electrons. The minimum absolute atomic E-state index is 0.256. The first-order valence-electron chi connectivity index (χ1n) is 5.92. The highest BCUT2D eigenvalue weighted by Crippen LogP contribution is 2.38. The fourth-order valence-corrected chi connectivity index (χ4v) is 2.72. The summed E-state index contributed by atoms with van der Waals surface area (Å²) in [6.07, 6.45) is 6.53. The summed E-state index contributed by atoms with van der Waals surface area (Å²) in [6.45, 7) is 5.01. The normalized spacial score (nSPS) is 25.4. The molecule has 5 heteroatoms. The van der Waals surface area contributed by atoms with E-state index in [1.54, 1.807) is 18.6 Å². The van der Waals surface area contributed by atoms with Crippen LogP contribution in [0.5, 0.6) is 0 Å². The molecule has 2 N–H and O–H groups in total. The Bertz CT molecular complexity index is 406. The molecule has 1 aromatic rings. The van der Waals surface area contributed by atoms with Gasteiger partial charge in [0.1, 0.15) is 5.54 Å².